The lowest BCUT2D eigenvalue weighted by atomic mass is 9.95. The number of nitrogens with two attached hydrogens (primary N) is 1. The SMILES string of the molecule is Nc1[nH]c(=O)c(C(=O)O)c(-c2ccc(OCc3ccc(F)c(F)c3)c(F)c2)c1C(=O)O. The number of nitrogens with one attached hydrogen (secondary N) is 1. The van der Waals surface area contributed by atoms with Gasteiger partial charge >= 0.3 is 11.9 Å². The van der Waals surface area contributed by atoms with Gasteiger partial charge in [0.25, 0.3) is 5.56 Å². The van der Waals surface area contributed by atoms with Crippen LogP contribution in [0.25, 0.3) is 11.1 Å². The molecule has 0 bridgehead atoms. The van der Waals surface area contributed by atoms with Gasteiger partial charge in [-0.3, -0.25) is 4.79 Å². The minimum Gasteiger partial charge on any atom is -0.486 e. The van der Waals surface area contributed by atoms with Crippen molar-refractivity contribution in [2.24, 2.45) is 0 Å². The van der Waals surface area contributed by atoms with Crippen LogP contribution in [0.3, 0.4) is 0 Å². The summed E-state index contributed by atoms with van der Waals surface area (Å²) in [4.78, 5) is 37.1. The number of aromatic carboxylic acids is 2. The Bertz CT molecular complexity index is 1270. The molecule has 0 unspecified atom stereocenters. The van der Waals surface area contributed by atoms with Crippen molar-refractivity contribution in [3.8, 4) is 16.9 Å². The van der Waals surface area contributed by atoms with Crippen LogP contribution in [-0.2, 0) is 6.61 Å². The summed E-state index contributed by atoms with van der Waals surface area (Å²) in [6.45, 7) is -0.313. The van der Waals surface area contributed by atoms with E-state index in [1.807, 2.05) is 4.98 Å². The van der Waals surface area contributed by atoms with Gasteiger partial charge in [0.1, 0.15) is 23.6 Å². The zero-order chi connectivity index (χ0) is 22.9. The molecule has 5 N–H and O–H groups in total. The van der Waals surface area contributed by atoms with Gasteiger partial charge in [0, 0.05) is 5.56 Å². The van der Waals surface area contributed by atoms with E-state index in [9.17, 15) is 37.8 Å². The number of halogens is 3. The van der Waals surface area contributed by atoms with Crippen LogP contribution in [0, 0.1) is 17.5 Å². The second kappa shape index (κ2) is 8.22. The number of carboxylic acid groups (broad SMARTS) is 2. The van der Waals surface area contributed by atoms with Crippen molar-refractivity contribution in [2.75, 3.05) is 5.73 Å². The molecule has 8 nitrogen and oxygen atoms in total. The zero-order valence-corrected chi connectivity index (χ0v) is 15.4. The minimum absolute atomic E-state index is 0.214. The maximum absolute atomic E-state index is 14.6. The molecule has 0 saturated carbocycles. The van der Waals surface area contributed by atoms with Gasteiger partial charge in [0.05, 0.1) is 0 Å². The van der Waals surface area contributed by atoms with Crippen LogP contribution in [0.2, 0.25) is 0 Å². The lowest BCUT2D eigenvalue weighted by Gasteiger charge is -2.13. The summed E-state index contributed by atoms with van der Waals surface area (Å²) >= 11 is 0. The molecule has 11 heteroatoms. The normalized spacial score (nSPS) is 10.7. The van der Waals surface area contributed by atoms with Crippen LogP contribution in [0.15, 0.2) is 41.2 Å². The summed E-state index contributed by atoms with van der Waals surface area (Å²) in [7, 11) is 0. The van der Waals surface area contributed by atoms with Crippen LogP contribution in [-0.4, -0.2) is 27.1 Å². The van der Waals surface area contributed by atoms with Crippen molar-refractivity contribution in [3.05, 3.63) is 80.9 Å². The Kier molecular flexibility index (Phi) is 5.68. The quantitative estimate of drug-likeness (QED) is 0.467. The summed E-state index contributed by atoms with van der Waals surface area (Å²) < 4.78 is 46.0. The summed E-state index contributed by atoms with van der Waals surface area (Å²) in [5, 5.41) is 18.8. The third kappa shape index (κ3) is 4.20. The Balaban J connectivity index is 2.03. The number of benzene rings is 2. The van der Waals surface area contributed by atoms with Crippen molar-refractivity contribution >= 4 is 17.8 Å². The first-order chi connectivity index (χ1) is 14.6. The van der Waals surface area contributed by atoms with Gasteiger partial charge in [-0.05, 0) is 35.4 Å². The molecule has 0 spiro atoms. The number of H-pyrrole nitrogens is 1. The molecule has 0 aliphatic heterocycles. The van der Waals surface area contributed by atoms with E-state index in [0.29, 0.717) is 0 Å². The maximum atomic E-state index is 14.6. The first kappa shape index (κ1) is 21.4. The molecular formula is C20H13F3N2O6. The standard InChI is InChI=1S/C20H13F3N2O6/c21-10-3-1-8(5-11(10)22)7-31-13-4-2-9(6-12(13)23)14-15(19(27)28)17(24)25-18(26)16(14)20(29)30/h1-6H,7H2,(H,27,28)(H,29,30)(H3,24,25,26). The van der Waals surface area contributed by atoms with E-state index in [0.717, 1.165) is 30.3 Å². The highest BCUT2D eigenvalue weighted by Gasteiger charge is 2.27. The van der Waals surface area contributed by atoms with Gasteiger partial charge in [-0.15, -0.1) is 0 Å². The first-order valence-corrected chi connectivity index (χ1v) is 8.49. The van der Waals surface area contributed by atoms with Gasteiger partial charge < -0.3 is 25.7 Å². The molecule has 0 radical (unpaired) electrons. The molecule has 3 aromatic rings. The topological polar surface area (TPSA) is 143 Å². The number of ether oxygens (including phenoxy) is 1. The van der Waals surface area contributed by atoms with Crippen molar-refractivity contribution < 1.29 is 37.7 Å². The number of hydrogen-bond acceptors (Lipinski definition) is 5. The van der Waals surface area contributed by atoms with E-state index in [1.165, 1.54) is 6.07 Å². The smallest absolute Gasteiger partial charge is 0.342 e. The van der Waals surface area contributed by atoms with Crippen LogP contribution in [0.5, 0.6) is 5.75 Å². The van der Waals surface area contributed by atoms with Crippen molar-refractivity contribution in [2.45, 2.75) is 6.61 Å². The molecule has 31 heavy (non-hydrogen) atoms. The van der Waals surface area contributed by atoms with Crippen LogP contribution in [0.1, 0.15) is 26.3 Å². The van der Waals surface area contributed by atoms with Crippen molar-refractivity contribution in [3.63, 3.8) is 0 Å². The Labute approximate surface area is 171 Å². The molecule has 160 valence electrons. The number of rotatable bonds is 6. The number of aromatic amines is 1. The highest BCUT2D eigenvalue weighted by Crippen LogP contribution is 2.32. The molecule has 2 aromatic carbocycles. The fourth-order valence-electron chi connectivity index (χ4n) is 2.90. The van der Waals surface area contributed by atoms with Crippen LogP contribution >= 0.6 is 0 Å². The Morgan fingerprint density at radius 2 is 1.61 bits per heavy atom. The predicted molar refractivity (Wildman–Crippen MR) is 101 cm³/mol. The molecule has 0 aliphatic carbocycles. The monoisotopic (exact) mass is 434 g/mol. The van der Waals surface area contributed by atoms with Crippen LogP contribution < -0.4 is 16.0 Å². The molecular weight excluding hydrogens is 421 g/mol. The number of hydrogen-bond donors (Lipinski definition) is 4. The average Bonchev–Trinajstić information content (AvgIpc) is 2.68. The van der Waals surface area contributed by atoms with Crippen molar-refractivity contribution in [1.82, 2.24) is 4.98 Å². The second-order valence-corrected chi connectivity index (χ2v) is 6.29. The number of pyridine rings is 1. The lowest BCUT2D eigenvalue weighted by Crippen LogP contribution is -2.24. The van der Waals surface area contributed by atoms with E-state index < -0.39 is 57.5 Å². The average molecular weight is 434 g/mol. The number of nitrogen functional groups attached to an aromatic ring is 1. The summed E-state index contributed by atoms with van der Waals surface area (Å²) in [6.07, 6.45) is 0. The Morgan fingerprint density at radius 1 is 0.935 bits per heavy atom. The molecule has 0 atom stereocenters. The largest absolute Gasteiger partial charge is 0.486 e. The van der Waals surface area contributed by atoms with Gasteiger partial charge in [-0.1, -0.05) is 12.1 Å². The van der Waals surface area contributed by atoms with E-state index in [2.05, 4.69) is 0 Å². The third-order valence-corrected chi connectivity index (χ3v) is 4.27. The first-order valence-electron chi connectivity index (χ1n) is 8.49. The molecule has 0 amide bonds. The summed E-state index contributed by atoms with van der Waals surface area (Å²) in [5.41, 5.74) is 2.11. The lowest BCUT2D eigenvalue weighted by molar-refractivity contribution is 0.0695. The minimum atomic E-state index is -1.74. The van der Waals surface area contributed by atoms with Crippen molar-refractivity contribution in [1.29, 1.82) is 0 Å². The van der Waals surface area contributed by atoms with Gasteiger partial charge in [-0.2, -0.15) is 0 Å². The van der Waals surface area contributed by atoms with E-state index in [-0.39, 0.29) is 23.5 Å². The van der Waals surface area contributed by atoms with Crippen LogP contribution in [0.4, 0.5) is 19.0 Å². The predicted octanol–water partition coefficient (Wildman–Crippen LogP) is 3.02. The van der Waals surface area contributed by atoms with Gasteiger partial charge in [0.15, 0.2) is 23.2 Å². The summed E-state index contributed by atoms with van der Waals surface area (Å²) in [6, 6.07) is 5.97. The Morgan fingerprint density at radius 3 is 2.19 bits per heavy atom. The third-order valence-electron chi connectivity index (χ3n) is 4.27. The van der Waals surface area contributed by atoms with E-state index in [4.69, 9.17) is 10.5 Å². The highest BCUT2D eigenvalue weighted by molar-refractivity contribution is 6.07. The molecule has 3 rings (SSSR count). The fraction of sp³-hybridized carbons (Fsp3) is 0.0500. The second-order valence-electron chi connectivity index (χ2n) is 6.29. The van der Waals surface area contributed by atoms with Gasteiger partial charge in [-0.25, -0.2) is 22.8 Å². The fourth-order valence-corrected chi connectivity index (χ4v) is 2.90. The molecule has 1 heterocycles. The number of anilines is 1. The van der Waals surface area contributed by atoms with E-state index >= 15 is 0 Å². The zero-order valence-electron chi connectivity index (χ0n) is 15.4. The molecule has 0 fully saturated rings. The Hall–Kier alpha value is -4.28. The number of carbonyl (C=O) groups is 2. The molecule has 0 saturated heterocycles. The highest BCUT2D eigenvalue weighted by atomic mass is 19.2. The van der Waals surface area contributed by atoms with E-state index in [1.54, 1.807) is 0 Å². The molecule has 1 aromatic heterocycles. The summed E-state index contributed by atoms with van der Waals surface area (Å²) in [5.74, 6) is -7.49. The maximum Gasteiger partial charge on any atom is 0.342 e. The number of aromatic nitrogens is 1. The molecule has 0 aliphatic rings. The van der Waals surface area contributed by atoms with Gasteiger partial charge in [0.2, 0.25) is 0 Å². The number of carboxylic acids is 2.